The molecule has 2 aromatic carbocycles. The van der Waals surface area contributed by atoms with Gasteiger partial charge in [-0.05, 0) is 111 Å². The van der Waals surface area contributed by atoms with Crippen LogP contribution in [0.4, 0.5) is 5.69 Å². The number of sulfonamides is 1. The minimum Gasteiger partial charge on any atom is -0.487 e. The summed E-state index contributed by atoms with van der Waals surface area (Å²) in [5.41, 5.74) is 3.45. The number of allylic oxidation sites excluding steroid dienone is 1. The zero-order valence-corrected chi connectivity index (χ0v) is 25.1. The predicted octanol–water partition coefficient (Wildman–Crippen LogP) is 5.90. The van der Waals surface area contributed by atoms with E-state index in [0.717, 1.165) is 67.9 Å². The normalized spacial score (nSPS) is 30.4. The van der Waals surface area contributed by atoms with Crippen LogP contribution in [-0.2, 0) is 27.8 Å². The molecule has 5 atom stereocenters. The maximum atomic E-state index is 13.3. The molecule has 6 rings (SSSR count). The van der Waals surface area contributed by atoms with Crippen LogP contribution in [0.15, 0.2) is 48.6 Å². The van der Waals surface area contributed by atoms with Crippen LogP contribution in [0, 0.1) is 17.8 Å². The molecule has 220 valence electrons. The minimum absolute atomic E-state index is 0.00160. The van der Waals surface area contributed by atoms with Gasteiger partial charge in [0.05, 0.1) is 17.0 Å². The SMILES string of the molecule is CO[C@H]1/C=C/C[C@H]2CC[C@@H]2S(=O)(=O)NC(=O)c2ccc3c(c2)N(CCCCc2cc(Cl)ccc2CO3)C[C@@H]2CC[C@H]21. The van der Waals surface area contributed by atoms with Crippen molar-refractivity contribution in [2.75, 3.05) is 25.1 Å². The van der Waals surface area contributed by atoms with Gasteiger partial charge in [0.15, 0.2) is 0 Å². The minimum atomic E-state index is -3.80. The molecule has 41 heavy (non-hydrogen) atoms. The molecule has 2 aromatic rings. The predicted molar refractivity (Wildman–Crippen MR) is 161 cm³/mol. The third-order valence-corrected chi connectivity index (χ3v) is 11.7. The number of carbonyl (C=O) groups is 1. The Morgan fingerprint density at radius 2 is 1.88 bits per heavy atom. The fraction of sp³-hybridized carbons (Fsp3) is 0.531. The number of aryl methyl sites for hydroxylation is 1. The van der Waals surface area contributed by atoms with Crippen LogP contribution in [-0.4, -0.2) is 45.9 Å². The van der Waals surface area contributed by atoms with Gasteiger partial charge in [-0.3, -0.25) is 4.79 Å². The lowest BCUT2D eigenvalue weighted by Crippen LogP contribution is -2.47. The van der Waals surface area contributed by atoms with E-state index in [1.165, 1.54) is 5.56 Å². The van der Waals surface area contributed by atoms with E-state index in [2.05, 4.69) is 21.8 Å². The number of anilines is 1. The van der Waals surface area contributed by atoms with Gasteiger partial charge in [-0.1, -0.05) is 29.8 Å². The zero-order valence-electron chi connectivity index (χ0n) is 23.6. The number of methoxy groups -OCH3 is 1. The number of nitrogens with one attached hydrogen (secondary N) is 1. The number of carbonyl (C=O) groups excluding carboxylic acids is 1. The van der Waals surface area contributed by atoms with Gasteiger partial charge in [0.2, 0.25) is 10.0 Å². The molecule has 2 bridgehead atoms. The summed E-state index contributed by atoms with van der Waals surface area (Å²) in [6.07, 6.45) is 11.4. The van der Waals surface area contributed by atoms with E-state index in [0.29, 0.717) is 42.6 Å². The first-order chi connectivity index (χ1) is 19.8. The molecule has 2 heterocycles. The molecule has 2 fully saturated rings. The lowest BCUT2D eigenvalue weighted by atomic mass is 9.70. The topological polar surface area (TPSA) is 84.9 Å². The summed E-state index contributed by atoms with van der Waals surface area (Å²) in [4.78, 5) is 15.7. The van der Waals surface area contributed by atoms with Gasteiger partial charge < -0.3 is 14.4 Å². The van der Waals surface area contributed by atoms with Crippen molar-refractivity contribution >= 4 is 33.2 Å². The molecule has 0 saturated heterocycles. The second-order valence-electron chi connectivity index (χ2n) is 12.0. The van der Waals surface area contributed by atoms with E-state index in [1.807, 2.05) is 30.3 Å². The van der Waals surface area contributed by atoms with Gasteiger partial charge in [-0.2, -0.15) is 0 Å². The van der Waals surface area contributed by atoms with E-state index in [-0.39, 0.29) is 12.0 Å². The Hall–Kier alpha value is -2.55. The fourth-order valence-electron chi connectivity index (χ4n) is 6.88. The molecule has 2 aliphatic heterocycles. The molecular formula is C32H39ClN2O5S. The van der Waals surface area contributed by atoms with E-state index >= 15 is 0 Å². The molecule has 1 amide bonds. The van der Waals surface area contributed by atoms with Gasteiger partial charge in [0, 0.05) is 30.8 Å². The molecule has 4 aliphatic rings. The first kappa shape index (κ1) is 28.6. The van der Waals surface area contributed by atoms with Crippen LogP contribution in [0.3, 0.4) is 0 Å². The van der Waals surface area contributed by atoms with Crippen molar-refractivity contribution in [2.24, 2.45) is 17.8 Å². The monoisotopic (exact) mass is 598 g/mol. The van der Waals surface area contributed by atoms with Gasteiger partial charge in [0.25, 0.3) is 5.91 Å². The van der Waals surface area contributed by atoms with Gasteiger partial charge in [0.1, 0.15) is 12.4 Å². The Bertz CT molecular complexity index is 1430. The highest BCUT2D eigenvalue weighted by atomic mass is 35.5. The molecule has 9 heteroatoms. The Balaban J connectivity index is 1.38. The van der Waals surface area contributed by atoms with Crippen molar-refractivity contribution in [2.45, 2.75) is 69.3 Å². The largest absolute Gasteiger partial charge is 0.487 e. The van der Waals surface area contributed by atoms with Crippen LogP contribution in [0.2, 0.25) is 5.02 Å². The Morgan fingerprint density at radius 3 is 2.63 bits per heavy atom. The van der Waals surface area contributed by atoms with E-state index < -0.39 is 21.2 Å². The number of rotatable bonds is 1. The Labute approximate surface area is 248 Å². The summed E-state index contributed by atoms with van der Waals surface area (Å²) < 4.78 is 41.2. The number of halogens is 1. The van der Waals surface area contributed by atoms with Gasteiger partial charge >= 0.3 is 0 Å². The van der Waals surface area contributed by atoms with Crippen molar-refractivity contribution in [3.63, 3.8) is 0 Å². The summed E-state index contributed by atoms with van der Waals surface area (Å²) >= 11 is 6.32. The van der Waals surface area contributed by atoms with Crippen molar-refractivity contribution in [1.29, 1.82) is 0 Å². The van der Waals surface area contributed by atoms with Crippen molar-refractivity contribution in [3.05, 3.63) is 70.3 Å². The molecular weight excluding hydrogens is 560 g/mol. The number of fused-ring (bicyclic) bond motifs is 4. The molecule has 0 radical (unpaired) electrons. The summed E-state index contributed by atoms with van der Waals surface area (Å²) in [5, 5.41) is 0.163. The molecule has 0 spiro atoms. The van der Waals surface area contributed by atoms with Crippen LogP contribution >= 0.6 is 11.6 Å². The molecule has 2 saturated carbocycles. The van der Waals surface area contributed by atoms with Crippen molar-refractivity contribution in [3.8, 4) is 5.75 Å². The van der Waals surface area contributed by atoms with E-state index in [4.69, 9.17) is 21.1 Å². The summed E-state index contributed by atoms with van der Waals surface area (Å²) in [5.74, 6) is 0.947. The van der Waals surface area contributed by atoms with E-state index in [1.54, 1.807) is 13.2 Å². The number of nitrogens with zero attached hydrogens (tertiary/aromatic N) is 1. The number of ether oxygens (including phenoxy) is 2. The smallest absolute Gasteiger partial charge is 0.264 e. The number of benzene rings is 2. The quantitative estimate of drug-likeness (QED) is 0.411. The molecule has 7 nitrogen and oxygen atoms in total. The molecule has 2 aliphatic carbocycles. The van der Waals surface area contributed by atoms with Crippen LogP contribution in [0.25, 0.3) is 0 Å². The average Bonchev–Trinajstić information content (AvgIpc) is 2.94. The third kappa shape index (κ3) is 6.02. The highest BCUT2D eigenvalue weighted by molar-refractivity contribution is 7.90. The summed E-state index contributed by atoms with van der Waals surface area (Å²) in [6, 6.07) is 11.2. The number of amides is 1. The Morgan fingerprint density at radius 1 is 1.02 bits per heavy atom. The van der Waals surface area contributed by atoms with Crippen molar-refractivity contribution in [1.82, 2.24) is 4.72 Å². The first-order valence-electron chi connectivity index (χ1n) is 14.9. The standard InChI is InChI=1S/C32H39ClN2O5S/c1-39-29-7-4-6-21-11-15-31(21)41(37,38)34-32(36)23-10-14-30-28(18-23)35(19-24-9-13-27(24)29)16-3-2-5-22-17-26(33)12-8-25(22)20-40-30/h4,7-8,10,12,14,17-18,21,24,27,29,31H,2-3,5-6,9,11,13,15-16,19-20H2,1H3,(H,34,36)/b7-4+/t21-,24-,27+,29-,31-/m0/s1. The first-order valence-corrected chi connectivity index (χ1v) is 16.8. The lowest BCUT2D eigenvalue weighted by molar-refractivity contribution is 0.0134. The van der Waals surface area contributed by atoms with Crippen molar-refractivity contribution < 1.29 is 22.7 Å². The van der Waals surface area contributed by atoms with Gasteiger partial charge in [-0.15, -0.1) is 0 Å². The lowest BCUT2D eigenvalue weighted by Gasteiger charge is -2.43. The number of hydrogen-bond acceptors (Lipinski definition) is 6. The third-order valence-electron chi connectivity index (χ3n) is 9.61. The summed E-state index contributed by atoms with van der Waals surface area (Å²) in [7, 11) is -2.03. The second kappa shape index (κ2) is 12.0. The second-order valence-corrected chi connectivity index (χ2v) is 14.3. The molecule has 1 N–H and O–H groups in total. The highest BCUT2D eigenvalue weighted by Crippen LogP contribution is 2.42. The highest BCUT2D eigenvalue weighted by Gasteiger charge is 2.42. The maximum absolute atomic E-state index is 13.3. The van der Waals surface area contributed by atoms with Gasteiger partial charge in [-0.25, -0.2) is 13.1 Å². The molecule has 0 aromatic heterocycles. The maximum Gasteiger partial charge on any atom is 0.264 e. The van der Waals surface area contributed by atoms with Crippen LogP contribution < -0.4 is 14.4 Å². The average molecular weight is 599 g/mol. The van der Waals surface area contributed by atoms with Crippen LogP contribution in [0.1, 0.15) is 66.4 Å². The zero-order chi connectivity index (χ0) is 28.6. The number of hydrogen-bond donors (Lipinski definition) is 1. The Kier molecular flexibility index (Phi) is 8.35. The fourth-order valence-corrected chi connectivity index (χ4v) is 8.80. The summed E-state index contributed by atoms with van der Waals surface area (Å²) in [6.45, 7) is 2.01. The molecule has 0 unspecified atom stereocenters. The van der Waals surface area contributed by atoms with E-state index in [9.17, 15) is 13.2 Å². The van der Waals surface area contributed by atoms with Crippen LogP contribution in [0.5, 0.6) is 5.75 Å².